The van der Waals surface area contributed by atoms with Crippen LogP contribution in [0.15, 0.2) is 45.3 Å². The highest BCUT2D eigenvalue weighted by molar-refractivity contribution is 9.10. The van der Waals surface area contributed by atoms with E-state index < -0.39 is 0 Å². The maximum Gasteiger partial charge on any atom is 0.128 e. The number of hydrogen-bond donors (Lipinski definition) is 1. The standard InChI is InChI=1S/C15H15Br2FN2/c1-20(2)15-6-4-12(17)8-14(15)19-9-10-7-11(16)3-5-13(10)18/h3-8,19H,9H2,1-2H3. The van der Waals surface area contributed by atoms with Gasteiger partial charge < -0.3 is 10.2 Å². The maximum absolute atomic E-state index is 13.7. The molecule has 0 aromatic heterocycles. The molecular weight excluding hydrogens is 387 g/mol. The van der Waals surface area contributed by atoms with Gasteiger partial charge in [-0.15, -0.1) is 0 Å². The Bertz CT molecular complexity index is 615. The predicted molar refractivity (Wildman–Crippen MR) is 89.9 cm³/mol. The molecule has 5 heteroatoms. The molecule has 0 aliphatic heterocycles. The van der Waals surface area contributed by atoms with Gasteiger partial charge in [-0.1, -0.05) is 31.9 Å². The van der Waals surface area contributed by atoms with E-state index in [1.807, 2.05) is 37.2 Å². The van der Waals surface area contributed by atoms with E-state index in [-0.39, 0.29) is 5.82 Å². The summed E-state index contributed by atoms with van der Waals surface area (Å²) in [5, 5.41) is 3.29. The summed E-state index contributed by atoms with van der Waals surface area (Å²) < 4.78 is 15.6. The van der Waals surface area contributed by atoms with Crippen LogP contribution in [0.4, 0.5) is 15.8 Å². The highest BCUT2D eigenvalue weighted by Crippen LogP contribution is 2.28. The van der Waals surface area contributed by atoms with Gasteiger partial charge in [0.15, 0.2) is 0 Å². The van der Waals surface area contributed by atoms with Crippen LogP contribution in [-0.2, 0) is 6.54 Å². The van der Waals surface area contributed by atoms with Crippen molar-refractivity contribution in [3.8, 4) is 0 Å². The maximum atomic E-state index is 13.7. The Morgan fingerprint density at radius 2 is 1.70 bits per heavy atom. The minimum Gasteiger partial charge on any atom is -0.379 e. The number of nitrogens with one attached hydrogen (secondary N) is 1. The Labute approximate surface area is 135 Å². The Hall–Kier alpha value is -1.07. The van der Waals surface area contributed by atoms with Gasteiger partial charge >= 0.3 is 0 Å². The van der Waals surface area contributed by atoms with Crippen molar-refractivity contribution in [2.75, 3.05) is 24.3 Å². The molecule has 0 saturated heterocycles. The molecule has 0 bridgehead atoms. The molecule has 0 fully saturated rings. The van der Waals surface area contributed by atoms with Crippen LogP contribution in [0.25, 0.3) is 0 Å². The van der Waals surface area contributed by atoms with Crippen LogP contribution in [0.2, 0.25) is 0 Å². The SMILES string of the molecule is CN(C)c1ccc(Br)cc1NCc1cc(Br)ccc1F. The summed E-state index contributed by atoms with van der Waals surface area (Å²) in [6, 6.07) is 10.9. The second-order valence-electron chi connectivity index (χ2n) is 4.65. The van der Waals surface area contributed by atoms with Crippen molar-refractivity contribution >= 4 is 43.2 Å². The minimum atomic E-state index is -0.206. The smallest absolute Gasteiger partial charge is 0.128 e. The fourth-order valence-corrected chi connectivity index (χ4v) is 2.68. The molecule has 2 aromatic carbocycles. The van der Waals surface area contributed by atoms with Crippen molar-refractivity contribution < 1.29 is 4.39 Å². The van der Waals surface area contributed by atoms with Gasteiger partial charge in [0.1, 0.15) is 5.82 Å². The molecule has 0 spiro atoms. The zero-order chi connectivity index (χ0) is 14.7. The molecule has 1 N–H and O–H groups in total. The summed E-state index contributed by atoms with van der Waals surface area (Å²) in [6.45, 7) is 0.433. The quantitative estimate of drug-likeness (QED) is 0.772. The average Bonchev–Trinajstić information content (AvgIpc) is 2.39. The topological polar surface area (TPSA) is 15.3 Å². The monoisotopic (exact) mass is 400 g/mol. The summed E-state index contributed by atoms with van der Waals surface area (Å²) in [7, 11) is 3.96. The van der Waals surface area contributed by atoms with Crippen LogP contribution in [0, 0.1) is 5.82 Å². The Kier molecular flexibility index (Phi) is 5.05. The number of hydrogen-bond acceptors (Lipinski definition) is 2. The first-order chi connectivity index (χ1) is 9.47. The van der Waals surface area contributed by atoms with E-state index in [1.165, 1.54) is 6.07 Å². The van der Waals surface area contributed by atoms with E-state index in [4.69, 9.17) is 0 Å². The van der Waals surface area contributed by atoms with E-state index in [0.717, 1.165) is 20.3 Å². The third kappa shape index (κ3) is 3.73. The first kappa shape index (κ1) is 15.3. The van der Waals surface area contributed by atoms with Crippen LogP contribution in [0.3, 0.4) is 0 Å². The van der Waals surface area contributed by atoms with Gasteiger partial charge in [0.05, 0.1) is 11.4 Å². The van der Waals surface area contributed by atoms with Gasteiger partial charge in [0.25, 0.3) is 0 Å². The fourth-order valence-electron chi connectivity index (χ4n) is 1.91. The molecule has 106 valence electrons. The Morgan fingerprint density at radius 3 is 2.40 bits per heavy atom. The van der Waals surface area contributed by atoms with Crippen molar-refractivity contribution in [2.45, 2.75) is 6.54 Å². The van der Waals surface area contributed by atoms with Crippen LogP contribution in [-0.4, -0.2) is 14.1 Å². The van der Waals surface area contributed by atoms with Gasteiger partial charge in [-0.05, 0) is 36.4 Å². The highest BCUT2D eigenvalue weighted by Gasteiger charge is 2.07. The highest BCUT2D eigenvalue weighted by atomic mass is 79.9. The Morgan fingerprint density at radius 1 is 1.05 bits per heavy atom. The first-order valence-corrected chi connectivity index (χ1v) is 7.70. The number of benzene rings is 2. The summed E-state index contributed by atoms with van der Waals surface area (Å²) in [4.78, 5) is 2.02. The number of nitrogens with zero attached hydrogens (tertiary/aromatic N) is 1. The number of halogens is 3. The van der Waals surface area contributed by atoms with Gasteiger partial charge in [-0.3, -0.25) is 0 Å². The largest absolute Gasteiger partial charge is 0.379 e. The molecule has 0 saturated carbocycles. The molecule has 0 radical (unpaired) electrons. The van der Waals surface area contributed by atoms with Crippen molar-refractivity contribution in [3.05, 3.63) is 56.7 Å². The van der Waals surface area contributed by atoms with Crippen molar-refractivity contribution in [1.82, 2.24) is 0 Å². The molecule has 20 heavy (non-hydrogen) atoms. The molecule has 0 aliphatic carbocycles. The predicted octanol–water partition coefficient (Wildman–Crippen LogP) is 5.03. The van der Waals surface area contributed by atoms with E-state index >= 15 is 0 Å². The summed E-state index contributed by atoms with van der Waals surface area (Å²) in [5.41, 5.74) is 2.65. The number of anilines is 2. The van der Waals surface area contributed by atoms with Crippen molar-refractivity contribution in [1.29, 1.82) is 0 Å². The van der Waals surface area contributed by atoms with Gasteiger partial charge in [0, 0.05) is 35.1 Å². The lowest BCUT2D eigenvalue weighted by atomic mass is 10.2. The van der Waals surface area contributed by atoms with Crippen LogP contribution in [0.5, 0.6) is 0 Å². The zero-order valence-electron chi connectivity index (χ0n) is 11.3. The number of rotatable bonds is 4. The fraction of sp³-hybridized carbons (Fsp3) is 0.200. The second kappa shape index (κ2) is 6.59. The molecule has 0 unspecified atom stereocenters. The Balaban J connectivity index is 2.22. The summed E-state index contributed by atoms with van der Waals surface area (Å²) >= 11 is 6.82. The van der Waals surface area contributed by atoms with E-state index in [0.29, 0.717) is 12.1 Å². The minimum absolute atomic E-state index is 0.206. The lowest BCUT2D eigenvalue weighted by Gasteiger charge is -2.19. The van der Waals surface area contributed by atoms with Crippen LogP contribution >= 0.6 is 31.9 Å². The average molecular weight is 402 g/mol. The lowest BCUT2D eigenvalue weighted by molar-refractivity contribution is 0.612. The van der Waals surface area contributed by atoms with Crippen molar-refractivity contribution in [2.24, 2.45) is 0 Å². The normalized spacial score (nSPS) is 10.4. The van der Waals surface area contributed by atoms with E-state index in [1.54, 1.807) is 12.1 Å². The third-order valence-corrected chi connectivity index (χ3v) is 3.90. The van der Waals surface area contributed by atoms with Gasteiger partial charge in [0.2, 0.25) is 0 Å². The third-order valence-electron chi connectivity index (χ3n) is 2.92. The second-order valence-corrected chi connectivity index (χ2v) is 6.48. The molecule has 0 atom stereocenters. The van der Waals surface area contributed by atoms with Crippen LogP contribution < -0.4 is 10.2 Å². The molecule has 0 amide bonds. The molecule has 0 heterocycles. The summed E-state index contributed by atoms with van der Waals surface area (Å²) in [5.74, 6) is -0.206. The lowest BCUT2D eigenvalue weighted by Crippen LogP contribution is -2.12. The first-order valence-electron chi connectivity index (χ1n) is 6.12. The molecule has 2 rings (SSSR count). The molecular formula is C15H15Br2FN2. The van der Waals surface area contributed by atoms with E-state index in [9.17, 15) is 4.39 Å². The van der Waals surface area contributed by atoms with Crippen molar-refractivity contribution in [3.63, 3.8) is 0 Å². The zero-order valence-corrected chi connectivity index (χ0v) is 14.4. The van der Waals surface area contributed by atoms with E-state index in [2.05, 4.69) is 37.2 Å². The van der Waals surface area contributed by atoms with Gasteiger partial charge in [-0.25, -0.2) is 4.39 Å². The molecule has 2 aromatic rings. The van der Waals surface area contributed by atoms with Crippen LogP contribution in [0.1, 0.15) is 5.56 Å². The molecule has 0 aliphatic rings. The summed E-state index contributed by atoms with van der Waals surface area (Å²) in [6.07, 6.45) is 0. The molecule has 2 nitrogen and oxygen atoms in total. The van der Waals surface area contributed by atoms with Gasteiger partial charge in [-0.2, -0.15) is 0 Å².